The van der Waals surface area contributed by atoms with Crippen molar-refractivity contribution in [2.75, 3.05) is 10.8 Å². The largest absolute Gasteiger partial charge is 0.350 e. The van der Waals surface area contributed by atoms with Gasteiger partial charge in [0.05, 0.1) is 10.6 Å². The lowest BCUT2D eigenvalue weighted by Crippen LogP contribution is -2.54. The number of halogens is 1. The van der Waals surface area contributed by atoms with Crippen LogP contribution in [0.3, 0.4) is 0 Å². The zero-order valence-electron chi connectivity index (χ0n) is 24.8. The van der Waals surface area contributed by atoms with Crippen LogP contribution in [0.4, 0.5) is 10.1 Å². The molecule has 1 atom stereocenters. The Labute approximate surface area is 243 Å². The number of carbonyl (C=O) groups is 2. The summed E-state index contributed by atoms with van der Waals surface area (Å²) in [6.45, 7) is 12.1. The molecule has 0 heterocycles. The van der Waals surface area contributed by atoms with Crippen molar-refractivity contribution in [1.82, 2.24) is 10.2 Å². The van der Waals surface area contributed by atoms with Crippen LogP contribution in [-0.4, -0.2) is 43.3 Å². The number of benzene rings is 3. The van der Waals surface area contributed by atoms with Gasteiger partial charge < -0.3 is 10.2 Å². The minimum atomic E-state index is -4.18. The third kappa shape index (κ3) is 8.16. The lowest BCUT2D eigenvalue weighted by Gasteiger charge is -2.33. The van der Waals surface area contributed by atoms with Crippen molar-refractivity contribution in [3.63, 3.8) is 0 Å². The second-order valence-corrected chi connectivity index (χ2v) is 13.5. The molecule has 0 unspecified atom stereocenters. The second kappa shape index (κ2) is 12.9. The molecular weight excluding hydrogens is 541 g/mol. The predicted octanol–water partition coefficient (Wildman–Crippen LogP) is 5.78. The molecule has 0 radical (unpaired) electrons. The summed E-state index contributed by atoms with van der Waals surface area (Å²) in [5, 5.41) is 2.86. The van der Waals surface area contributed by atoms with E-state index in [4.69, 9.17) is 0 Å². The minimum absolute atomic E-state index is 0.0306. The number of aryl methyl sites for hydroxylation is 1. The summed E-state index contributed by atoms with van der Waals surface area (Å²) in [5.74, 6) is -1.38. The minimum Gasteiger partial charge on any atom is -0.350 e. The molecule has 0 saturated heterocycles. The SMILES string of the molecule is Cc1ccc(S(=O)(=O)N(CC(=O)N(Cc2ccccc2F)[C@@H](C)C(=O)NC(C)(C)C)c2ccc(C(C)C)cc2)cc1. The highest BCUT2D eigenvalue weighted by Crippen LogP contribution is 2.27. The Morgan fingerprint density at radius 1 is 0.902 bits per heavy atom. The third-order valence-electron chi connectivity index (χ3n) is 6.70. The number of rotatable bonds is 10. The number of sulfonamides is 1. The molecule has 0 fully saturated rings. The van der Waals surface area contributed by atoms with Gasteiger partial charge in [-0.3, -0.25) is 13.9 Å². The number of amides is 2. The van der Waals surface area contributed by atoms with Crippen LogP contribution in [0.5, 0.6) is 0 Å². The van der Waals surface area contributed by atoms with Gasteiger partial charge in [0, 0.05) is 17.6 Å². The van der Waals surface area contributed by atoms with Crippen LogP contribution in [0.25, 0.3) is 0 Å². The van der Waals surface area contributed by atoms with E-state index < -0.39 is 45.8 Å². The highest BCUT2D eigenvalue weighted by atomic mass is 32.2. The Kier molecular flexibility index (Phi) is 9.97. The van der Waals surface area contributed by atoms with Crippen molar-refractivity contribution in [1.29, 1.82) is 0 Å². The molecular formula is C32H40FN3O4S. The first kappa shape index (κ1) is 31.8. The molecule has 0 aromatic heterocycles. The Balaban J connectivity index is 2.06. The number of nitrogens with zero attached hydrogens (tertiary/aromatic N) is 2. The summed E-state index contributed by atoms with van der Waals surface area (Å²) >= 11 is 0. The molecule has 41 heavy (non-hydrogen) atoms. The van der Waals surface area contributed by atoms with Gasteiger partial charge in [-0.2, -0.15) is 0 Å². The fourth-order valence-corrected chi connectivity index (χ4v) is 5.67. The van der Waals surface area contributed by atoms with Gasteiger partial charge in [-0.15, -0.1) is 0 Å². The maximum absolute atomic E-state index is 14.7. The van der Waals surface area contributed by atoms with E-state index in [1.54, 1.807) is 37.3 Å². The molecule has 0 spiro atoms. The van der Waals surface area contributed by atoms with Crippen LogP contribution in [0.15, 0.2) is 77.7 Å². The fraction of sp³-hybridized carbons (Fsp3) is 0.375. The highest BCUT2D eigenvalue weighted by Gasteiger charge is 2.33. The smallest absolute Gasteiger partial charge is 0.264 e. The molecule has 0 aliphatic rings. The molecule has 0 aliphatic heterocycles. The lowest BCUT2D eigenvalue weighted by atomic mass is 10.0. The van der Waals surface area contributed by atoms with Crippen LogP contribution in [-0.2, 0) is 26.2 Å². The predicted molar refractivity (Wildman–Crippen MR) is 161 cm³/mol. The third-order valence-corrected chi connectivity index (χ3v) is 8.49. The molecule has 1 N–H and O–H groups in total. The maximum atomic E-state index is 14.7. The normalized spacial score (nSPS) is 12.6. The van der Waals surface area contributed by atoms with Crippen molar-refractivity contribution >= 4 is 27.5 Å². The molecule has 220 valence electrons. The first-order chi connectivity index (χ1) is 19.1. The number of hydrogen-bond donors (Lipinski definition) is 1. The number of nitrogens with one attached hydrogen (secondary N) is 1. The summed E-state index contributed by atoms with van der Waals surface area (Å²) in [4.78, 5) is 28.4. The van der Waals surface area contributed by atoms with Crippen LogP contribution < -0.4 is 9.62 Å². The summed E-state index contributed by atoms with van der Waals surface area (Å²) in [7, 11) is -4.18. The van der Waals surface area contributed by atoms with Crippen LogP contribution in [0.2, 0.25) is 0 Å². The van der Waals surface area contributed by atoms with E-state index >= 15 is 0 Å². The quantitative estimate of drug-likeness (QED) is 0.329. The first-order valence-corrected chi connectivity index (χ1v) is 15.1. The van der Waals surface area contributed by atoms with Crippen LogP contribution >= 0.6 is 0 Å². The van der Waals surface area contributed by atoms with Crippen molar-refractivity contribution in [3.05, 3.63) is 95.3 Å². The van der Waals surface area contributed by atoms with Crippen LogP contribution in [0.1, 0.15) is 64.2 Å². The maximum Gasteiger partial charge on any atom is 0.264 e. The molecule has 3 rings (SSSR count). The van der Waals surface area contributed by atoms with Gasteiger partial charge in [-0.25, -0.2) is 12.8 Å². The topological polar surface area (TPSA) is 86.8 Å². The van der Waals surface area contributed by atoms with Gasteiger partial charge in [0.25, 0.3) is 10.0 Å². The van der Waals surface area contributed by atoms with Crippen molar-refractivity contribution in [2.45, 2.75) is 77.4 Å². The Bertz CT molecular complexity index is 1460. The average molecular weight is 582 g/mol. The molecule has 3 aromatic carbocycles. The van der Waals surface area contributed by atoms with Gasteiger partial charge in [-0.05, 0) is 76.4 Å². The molecule has 7 nitrogen and oxygen atoms in total. The number of carbonyl (C=O) groups excluding carboxylic acids is 2. The first-order valence-electron chi connectivity index (χ1n) is 13.6. The van der Waals surface area contributed by atoms with Gasteiger partial charge in [-0.1, -0.05) is 61.9 Å². The summed E-state index contributed by atoms with van der Waals surface area (Å²) in [6.07, 6.45) is 0. The molecule has 0 aliphatic carbocycles. The van der Waals surface area contributed by atoms with Crippen molar-refractivity contribution < 1.29 is 22.4 Å². The van der Waals surface area contributed by atoms with E-state index in [-0.39, 0.29) is 22.9 Å². The Morgan fingerprint density at radius 3 is 2.02 bits per heavy atom. The monoisotopic (exact) mass is 581 g/mol. The van der Waals surface area contributed by atoms with E-state index in [0.29, 0.717) is 5.69 Å². The lowest BCUT2D eigenvalue weighted by molar-refractivity contribution is -0.140. The summed E-state index contributed by atoms with van der Waals surface area (Å²) < 4.78 is 43.6. The van der Waals surface area contributed by atoms with Gasteiger partial charge in [0.2, 0.25) is 11.8 Å². The summed E-state index contributed by atoms with van der Waals surface area (Å²) in [6, 6.07) is 18.4. The molecule has 0 bridgehead atoms. The molecule has 9 heteroatoms. The van der Waals surface area contributed by atoms with E-state index in [0.717, 1.165) is 15.4 Å². The zero-order valence-corrected chi connectivity index (χ0v) is 25.6. The second-order valence-electron chi connectivity index (χ2n) is 11.6. The number of hydrogen-bond acceptors (Lipinski definition) is 4. The molecule has 0 saturated carbocycles. The van der Waals surface area contributed by atoms with E-state index in [2.05, 4.69) is 5.32 Å². The van der Waals surface area contributed by atoms with E-state index in [1.165, 1.54) is 35.2 Å². The van der Waals surface area contributed by atoms with Crippen molar-refractivity contribution in [3.8, 4) is 0 Å². The van der Waals surface area contributed by atoms with Gasteiger partial charge >= 0.3 is 0 Å². The zero-order chi connectivity index (χ0) is 30.5. The summed E-state index contributed by atoms with van der Waals surface area (Å²) in [5.41, 5.74) is 1.85. The Hall–Kier alpha value is -3.72. The van der Waals surface area contributed by atoms with Gasteiger partial charge in [0.15, 0.2) is 0 Å². The highest BCUT2D eigenvalue weighted by molar-refractivity contribution is 7.92. The van der Waals surface area contributed by atoms with Crippen molar-refractivity contribution in [2.24, 2.45) is 0 Å². The molecule has 2 amide bonds. The van der Waals surface area contributed by atoms with Crippen LogP contribution in [0, 0.1) is 12.7 Å². The van der Waals surface area contributed by atoms with E-state index in [1.807, 2.05) is 53.7 Å². The van der Waals surface area contributed by atoms with Gasteiger partial charge in [0.1, 0.15) is 18.4 Å². The molecule has 3 aromatic rings. The number of anilines is 1. The fourth-order valence-electron chi connectivity index (χ4n) is 4.26. The Morgan fingerprint density at radius 2 is 1.49 bits per heavy atom. The van der Waals surface area contributed by atoms with E-state index in [9.17, 15) is 22.4 Å². The average Bonchev–Trinajstić information content (AvgIpc) is 2.90. The standard InChI is InChI=1S/C32H40FN3O4S/c1-22(2)25-14-16-27(17-15-25)36(41(39,40)28-18-12-23(3)13-19-28)21-30(37)35(20-26-10-8-9-11-29(26)33)24(4)31(38)34-32(5,6)7/h8-19,22,24H,20-21H2,1-7H3,(H,34,38)/t24-/m0/s1.